The molecule has 19 heavy (non-hydrogen) atoms. The Kier molecular flexibility index (Phi) is 3.82. The highest BCUT2D eigenvalue weighted by Gasteiger charge is 2.21. The molecule has 1 aromatic heterocycles. The average Bonchev–Trinajstić information content (AvgIpc) is 2.40. The molecule has 0 spiro atoms. The van der Waals surface area contributed by atoms with Crippen molar-refractivity contribution in [3.8, 4) is 5.75 Å². The summed E-state index contributed by atoms with van der Waals surface area (Å²) in [5.74, 6) is -0.0709. The Balaban J connectivity index is 2.25. The first-order valence-corrected chi connectivity index (χ1v) is 7.08. The van der Waals surface area contributed by atoms with Crippen LogP contribution in [0.25, 0.3) is 0 Å². The van der Waals surface area contributed by atoms with Gasteiger partial charge in [-0.25, -0.2) is 8.42 Å². The summed E-state index contributed by atoms with van der Waals surface area (Å²) in [5.41, 5.74) is 0.848. The van der Waals surface area contributed by atoms with Gasteiger partial charge in [-0.05, 0) is 35.9 Å². The lowest BCUT2D eigenvalue weighted by atomic mass is 10.3. The number of hydrogen-bond acceptors (Lipinski definition) is 4. The molecule has 5 nitrogen and oxygen atoms in total. The third-order valence-electron chi connectivity index (χ3n) is 2.68. The summed E-state index contributed by atoms with van der Waals surface area (Å²) >= 11 is 0. The van der Waals surface area contributed by atoms with E-state index in [1.165, 1.54) is 35.6 Å². The molecule has 100 valence electrons. The van der Waals surface area contributed by atoms with Gasteiger partial charge in [-0.2, -0.15) is 4.31 Å². The van der Waals surface area contributed by atoms with Crippen LogP contribution in [0.4, 0.5) is 0 Å². The summed E-state index contributed by atoms with van der Waals surface area (Å²) in [6, 6.07) is 9.14. The minimum absolute atomic E-state index is 0.0709. The summed E-state index contributed by atoms with van der Waals surface area (Å²) in [6.45, 7) is 0.251. The van der Waals surface area contributed by atoms with Crippen LogP contribution in [0.15, 0.2) is 53.7 Å². The number of sulfonamides is 1. The number of phenols is 1. The highest BCUT2D eigenvalue weighted by atomic mass is 32.2. The van der Waals surface area contributed by atoms with Gasteiger partial charge in [-0.1, -0.05) is 6.07 Å². The number of nitrogens with zero attached hydrogens (tertiary/aromatic N) is 2. The first kappa shape index (κ1) is 13.5. The Morgan fingerprint density at radius 1 is 1.21 bits per heavy atom. The SMILES string of the molecule is CN(Cc1ccncc1)S(=O)(=O)c1cccc(O)c1. The number of aromatic nitrogens is 1. The molecule has 1 aromatic carbocycles. The van der Waals surface area contributed by atoms with E-state index in [0.717, 1.165) is 5.56 Å². The minimum Gasteiger partial charge on any atom is -0.508 e. The highest BCUT2D eigenvalue weighted by Crippen LogP contribution is 2.20. The second-order valence-corrected chi connectivity index (χ2v) is 6.16. The molecule has 0 saturated carbocycles. The van der Waals surface area contributed by atoms with Crippen LogP contribution in [0.3, 0.4) is 0 Å². The predicted octanol–water partition coefficient (Wildman–Crippen LogP) is 1.61. The monoisotopic (exact) mass is 278 g/mol. The van der Waals surface area contributed by atoms with Crippen molar-refractivity contribution >= 4 is 10.0 Å². The van der Waals surface area contributed by atoms with E-state index in [1.54, 1.807) is 24.5 Å². The zero-order chi connectivity index (χ0) is 13.9. The zero-order valence-electron chi connectivity index (χ0n) is 10.4. The smallest absolute Gasteiger partial charge is 0.243 e. The minimum atomic E-state index is -3.61. The molecule has 1 heterocycles. The lowest BCUT2D eigenvalue weighted by Crippen LogP contribution is -2.26. The van der Waals surface area contributed by atoms with Crippen LogP contribution in [0.2, 0.25) is 0 Å². The molecule has 0 unspecified atom stereocenters. The third-order valence-corrected chi connectivity index (χ3v) is 4.48. The molecule has 0 saturated heterocycles. The summed E-state index contributed by atoms with van der Waals surface area (Å²) in [5, 5.41) is 9.36. The van der Waals surface area contributed by atoms with E-state index >= 15 is 0 Å². The molecule has 6 heteroatoms. The van der Waals surface area contributed by atoms with Gasteiger partial charge in [0.15, 0.2) is 0 Å². The molecule has 0 aliphatic carbocycles. The fourth-order valence-corrected chi connectivity index (χ4v) is 2.85. The molecule has 0 atom stereocenters. The molecular weight excluding hydrogens is 264 g/mol. The van der Waals surface area contributed by atoms with Crippen LogP contribution in [-0.2, 0) is 16.6 Å². The van der Waals surface area contributed by atoms with Gasteiger partial charge in [0.2, 0.25) is 10.0 Å². The van der Waals surface area contributed by atoms with Crippen molar-refractivity contribution in [1.82, 2.24) is 9.29 Å². The van der Waals surface area contributed by atoms with Crippen LogP contribution < -0.4 is 0 Å². The summed E-state index contributed by atoms with van der Waals surface area (Å²) in [4.78, 5) is 3.96. The van der Waals surface area contributed by atoms with Gasteiger partial charge in [0, 0.05) is 26.0 Å². The quantitative estimate of drug-likeness (QED) is 0.922. The first-order chi connectivity index (χ1) is 9.00. The molecule has 0 radical (unpaired) electrons. The largest absolute Gasteiger partial charge is 0.508 e. The Morgan fingerprint density at radius 3 is 2.53 bits per heavy atom. The summed E-state index contributed by atoms with van der Waals surface area (Å²) in [6.07, 6.45) is 3.23. The lowest BCUT2D eigenvalue weighted by molar-refractivity contribution is 0.460. The topological polar surface area (TPSA) is 70.5 Å². The number of aromatic hydroxyl groups is 1. The standard InChI is InChI=1S/C13H14N2O3S/c1-15(10-11-5-7-14-8-6-11)19(17,18)13-4-2-3-12(16)9-13/h2-9,16H,10H2,1H3. The fraction of sp³-hybridized carbons (Fsp3) is 0.154. The predicted molar refractivity (Wildman–Crippen MR) is 71.0 cm³/mol. The van der Waals surface area contributed by atoms with Crippen molar-refractivity contribution in [2.24, 2.45) is 0 Å². The van der Waals surface area contributed by atoms with E-state index in [-0.39, 0.29) is 17.2 Å². The normalized spacial score (nSPS) is 11.7. The van der Waals surface area contributed by atoms with Gasteiger partial charge in [0.1, 0.15) is 5.75 Å². The number of benzene rings is 1. The summed E-state index contributed by atoms with van der Waals surface area (Å²) in [7, 11) is -2.11. The van der Waals surface area contributed by atoms with Crippen molar-refractivity contribution in [2.45, 2.75) is 11.4 Å². The van der Waals surface area contributed by atoms with Crippen LogP contribution in [-0.4, -0.2) is 29.9 Å². The van der Waals surface area contributed by atoms with Crippen molar-refractivity contribution < 1.29 is 13.5 Å². The Labute approximate surface area is 112 Å². The summed E-state index contributed by atoms with van der Waals surface area (Å²) < 4.78 is 25.8. The molecule has 0 amide bonds. The average molecular weight is 278 g/mol. The van der Waals surface area contributed by atoms with Gasteiger partial charge in [-0.3, -0.25) is 4.98 Å². The number of hydrogen-bond donors (Lipinski definition) is 1. The van der Waals surface area contributed by atoms with E-state index < -0.39 is 10.0 Å². The lowest BCUT2D eigenvalue weighted by Gasteiger charge is -2.17. The number of phenolic OH excluding ortho intramolecular Hbond substituents is 1. The molecule has 0 fully saturated rings. The second kappa shape index (κ2) is 5.38. The van der Waals surface area contributed by atoms with E-state index in [4.69, 9.17) is 0 Å². The molecule has 2 aromatic rings. The maximum absolute atomic E-state index is 12.3. The van der Waals surface area contributed by atoms with E-state index in [0.29, 0.717) is 0 Å². The fourth-order valence-electron chi connectivity index (χ4n) is 1.65. The van der Waals surface area contributed by atoms with Gasteiger partial charge in [0.25, 0.3) is 0 Å². The number of pyridine rings is 1. The van der Waals surface area contributed by atoms with Gasteiger partial charge in [-0.15, -0.1) is 0 Å². The molecule has 1 N–H and O–H groups in total. The van der Waals surface area contributed by atoms with Crippen LogP contribution in [0, 0.1) is 0 Å². The second-order valence-electron chi connectivity index (χ2n) is 4.11. The van der Waals surface area contributed by atoms with Gasteiger partial charge in [0.05, 0.1) is 4.90 Å². The Morgan fingerprint density at radius 2 is 1.89 bits per heavy atom. The molecule has 0 aliphatic heterocycles. The Hall–Kier alpha value is -1.92. The van der Waals surface area contributed by atoms with E-state index in [1.807, 2.05) is 0 Å². The molecular formula is C13H14N2O3S. The molecule has 0 bridgehead atoms. The maximum atomic E-state index is 12.3. The highest BCUT2D eigenvalue weighted by molar-refractivity contribution is 7.89. The number of rotatable bonds is 4. The van der Waals surface area contributed by atoms with E-state index in [9.17, 15) is 13.5 Å². The zero-order valence-corrected chi connectivity index (χ0v) is 11.2. The molecule has 0 aliphatic rings. The van der Waals surface area contributed by atoms with Gasteiger partial charge >= 0.3 is 0 Å². The van der Waals surface area contributed by atoms with Crippen LogP contribution in [0.1, 0.15) is 5.56 Å². The van der Waals surface area contributed by atoms with Crippen LogP contribution in [0.5, 0.6) is 5.75 Å². The van der Waals surface area contributed by atoms with Crippen molar-refractivity contribution in [3.63, 3.8) is 0 Å². The maximum Gasteiger partial charge on any atom is 0.243 e. The van der Waals surface area contributed by atoms with Crippen LogP contribution >= 0.6 is 0 Å². The van der Waals surface area contributed by atoms with Gasteiger partial charge < -0.3 is 5.11 Å². The third kappa shape index (κ3) is 3.10. The van der Waals surface area contributed by atoms with Crippen molar-refractivity contribution in [3.05, 3.63) is 54.4 Å². The molecule has 2 rings (SSSR count). The van der Waals surface area contributed by atoms with Crippen molar-refractivity contribution in [2.75, 3.05) is 7.05 Å². The van der Waals surface area contributed by atoms with Crippen molar-refractivity contribution in [1.29, 1.82) is 0 Å². The van der Waals surface area contributed by atoms with E-state index in [2.05, 4.69) is 4.98 Å². The Bertz CT molecular complexity index is 657. The first-order valence-electron chi connectivity index (χ1n) is 5.64.